The number of nitrogens with one attached hydrogen (secondary N) is 1. The van der Waals surface area contributed by atoms with Crippen molar-refractivity contribution in [2.24, 2.45) is 5.92 Å². The Kier molecular flexibility index (Phi) is 4.33. The molecule has 4 nitrogen and oxygen atoms in total. The van der Waals surface area contributed by atoms with Crippen molar-refractivity contribution in [2.45, 2.75) is 58.1 Å². The molecule has 0 bridgehead atoms. The van der Waals surface area contributed by atoms with Gasteiger partial charge in [0.2, 0.25) is 0 Å². The number of aliphatic hydroxyl groups is 1. The monoisotopic (exact) mass is 307 g/mol. The fraction of sp³-hybridized carbons (Fsp3) is 0.688. The fourth-order valence-electron chi connectivity index (χ4n) is 3.37. The third-order valence-electron chi connectivity index (χ3n) is 4.92. The van der Waals surface area contributed by atoms with Crippen LogP contribution in [0.2, 0.25) is 0 Å². The van der Waals surface area contributed by atoms with Crippen LogP contribution in [0.5, 0.6) is 0 Å². The number of hydrogen-bond acceptors (Lipinski definition) is 4. The molecule has 1 aliphatic carbocycles. The van der Waals surface area contributed by atoms with Gasteiger partial charge in [0.05, 0.1) is 17.0 Å². The third-order valence-corrected chi connectivity index (χ3v) is 5.68. The van der Waals surface area contributed by atoms with E-state index in [-0.39, 0.29) is 0 Å². The van der Waals surface area contributed by atoms with Gasteiger partial charge in [0.1, 0.15) is 0 Å². The standard InChI is InChI=1S/C16H25N3OS/c1-3-13-4-6-16(20,7-5-13)11-17-10-14-12(2)18-15-19(14)8-9-21-15/h8-9,13,17,20H,3-7,10-11H2,1-2H3. The maximum absolute atomic E-state index is 10.7. The summed E-state index contributed by atoms with van der Waals surface area (Å²) in [6.07, 6.45) is 7.49. The number of aromatic nitrogens is 2. The summed E-state index contributed by atoms with van der Waals surface area (Å²) in [5.41, 5.74) is 1.77. The van der Waals surface area contributed by atoms with Crippen LogP contribution in [0.15, 0.2) is 11.6 Å². The molecule has 2 N–H and O–H groups in total. The van der Waals surface area contributed by atoms with Crippen molar-refractivity contribution in [1.29, 1.82) is 0 Å². The predicted molar refractivity (Wildman–Crippen MR) is 86.7 cm³/mol. The molecule has 5 heteroatoms. The first-order valence-electron chi connectivity index (χ1n) is 7.95. The van der Waals surface area contributed by atoms with Crippen LogP contribution < -0.4 is 5.32 Å². The first-order valence-corrected chi connectivity index (χ1v) is 8.83. The number of thiazole rings is 1. The van der Waals surface area contributed by atoms with Crippen molar-refractivity contribution in [3.63, 3.8) is 0 Å². The van der Waals surface area contributed by atoms with Gasteiger partial charge in [-0.3, -0.25) is 4.40 Å². The summed E-state index contributed by atoms with van der Waals surface area (Å²) >= 11 is 1.66. The van der Waals surface area contributed by atoms with Gasteiger partial charge in [-0.05, 0) is 38.5 Å². The molecule has 1 aliphatic rings. The molecule has 1 fully saturated rings. The Morgan fingerprint density at radius 1 is 1.48 bits per heavy atom. The van der Waals surface area contributed by atoms with Crippen molar-refractivity contribution in [1.82, 2.24) is 14.7 Å². The van der Waals surface area contributed by atoms with Crippen molar-refractivity contribution < 1.29 is 5.11 Å². The Balaban J connectivity index is 1.56. The molecule has 0 aromatic carbocycles. The largest absolute Gasteiger partial charge is 0.389 e. The summed E-state index contributed by atoms with van der Waals surface area (Å²) in [6.45, 7) is 5.75. The lowest BCUT2D eigenvalue weighted by atomic mass is 9.78. The van der Waals surface area contributed by atoms with Gasteiger partial charge in [-0.1, -0.05) is 13.3 Å². The molecule has 0 radical (unpaired) electrons. The summed E-state index contributed by atoms with van der Waals surface area (Å²) < 4.78 is 2.14. The van der Waals surface area contributed by atoms with E-state index >= 15 is 0 Å². The third kappa shape index (κ3) is 3.15. The van der Waals surface area contributed by atoms with Gasteiger partial charge in [0.15, 0.2) is 4.96 Å². The second-order valence-corrected chi connectivity index (χ2v) is 7.25. The zero-order valence-corrected chi connectivity index (χ0v) is 13.7. The molecular formula is C16H25N3OS. The molecule has 2 heterocycles. The zero-order chi connectivity index (χ0) is 14.9. The van der Waals surface area contributed by atoms with Gasteiger partial charge in [-0.25, -0.2) is 4.98 Å². The minimum atomic E-state index is -0.516. The first kappa shape index (κ1) is 15.0. The molecule has 0 spiro atoms. The van der Waals surface area contributed by atoms with Gasteiger partial charge >= 0.3 is 0 Å². The highest BCUT2D eigenvalue weighted by Crippen LogP contribution is 2.33. The Morgan fingerprint density at radius 3 is 2.95 bits per heavy atom. The van der Waals surface area contributed by atoms with Crippen molar-refractivity contribution in [2.75, 3.05) is 6.54 Å². The van der Waals surface area contributed by atoms with Crippen molar-refractivity contribution in [3.8, 4) is 0 Å². The first-order chi connectivity index (χ1) is 10.1. The quantitative estimate of drug-likeness (QED) is 0.892. The highest BCUT2D eigenvalue weighted by atomic mass is 32.1. The summed E-state index contributed by atoms with van der Waals surface area (Å²) in [5, 5.41) is 16.2. The van der Waals surface area contributed by atoms with E-state index in [9.17, 15) is 5.11 Å². The average Bonchev–Trinajstić information content (AvgIpc) is 3.02. The predicted octanol–water partition coefficient (Wildman–Crippen LogP) is 3.13. The number of imidazole rings is 1. The summed E-state index contributed by atoms with van der Waals surface area (Å²) in [7, 11) is 0. The molecule has 0 unspecified atom stereocenters. The van der Waals surface area contributed by atoms with E-state index in [2.05, 4.69) is 40.1 Å². The lowest BCUT2D eigenvalue weighted by Crippen LogP contribution is -2.43. The van der Waals surface area contributed by atoms with Gasteiger partial charge in [-0.2, -0.15) is 0 Å². The molecular weight excluding hydrogens is 282 g/mol. The Labute approximate surface area is 130 Å². The summed E-state index contributed by atoms with van der Waals surface area (Å²) in [5.74, 6) is 0.813. The number of rotatable bonds is 5. The highest BCUT2D eigenvalue weighted by molar-refractivity contribution is 7.15. The van der Waals surface area contributed by atoms with E-state index in [1.165, 1.54) is 12.1 Å². The second-order valence-electron chi connectivity index (χ2n) is 6.38. The van der Waals surface area contributed by atoms with Gasteiger partial charge < -0.3 is 10.4 Å². The van der Waals surface area contributed by atoms with Gasteiger partial charge in [0, 0.05) is 24.7 Å². The number of aryl methyl sites for hydroxylation is 1. The van der Waals surface area contributed by atoms with Crippen molar-refractivity contribution in [3.05, 3.63) is 23.0 Å². The Hall–Kier alpha value is -0.910. The van der Waals surface area contributed by atoms with E-state index in [1.807, 2.05) is 0 Å². The van der Waals surface area contributed by atoms with Crippen molar-refractivity contribution >= 4 is 16.3 Å². The van der Waals surface area contributed by atoms with E-state index < -0.39 is 5.60 Å². The lowest BCUT2D eigenvalue weighted by molar-refractivity contribution is -0.00888. The maximum atomic E-state index is 10.7. The van der Waals surface area contributed by atoms with Crippen LogP contribution >= 0.6 is 11.3 Å². The Bertz CT molecular complexity index is 596. The summed E-state index contributed by atoms with van der Waals surface area (Å²) in [4.78, 5) is 5.60. The molecule has 0 atom stereocenters. The lowest BCUT2D eigenvalue weighted by Gasteiger charge is -2.36. The minimum absolute atomic E-state index is 0.516. The van der Waals surface area contributed by atoms with Crippen LogP contribution in [-0.4, -0.2) is 26.6 Å². The van der Waals surface area contributed by atoms with Crippen LogP contribution in [0.1, 0.15) is 50.4 Å². The fourth-order valence-corrected chi connectivity index (χ4v) is 4.15. The average molecular weight is 307 g/mol. The molecule has 2 aromatic heterocycles. The molecule has 0 aliphatic heterocycles. The molecule has 3 rings (SSSR count). The molecule has 21 heavy (non-hydrogen) atoms. The van der Waals surface area contributed by atoms with Crippen LogP contribution in [0.4, 0.5) is 0 Å². The molecule has 0 saturated heterocycles. The number of hydrogen-bond donors (Lipinski definition) is 2. The summed E-state index contributed by atoms with van der Waals surface area (Å²) in [6, 6.07) is 0. The van der Waals surface area contributed by atoms with E-state index in [4.69, 9.17) is 0 Å². The minimum Gasteiger partial charge on any atom is -0.389 e. The van der Waals surface area contributed by atoms with Gasteiger partial charge in [-0.15, -0.1) is 11.3 Å². The normalized spacial score (nSPS) is 26.5. The second kappa shape index (κ2) is 6.07. The maximum Gasteiger partial charge on any atom is 0.194 e. The smallest absolute Gasteiger partial charge is 0.194 e. The number of nitrogens with zero attached hydrogens (tertiary/aromatic N) is 2. The van der Waals surface area contributed by atoms with E-state index in [1.54, 1.807) is 11.3 Å². The van der Waals surface area contributed by atoms with Crippen LogP contribution in [0.25, 0.3) is 4.96 Å². The molecule has 2 aromatic rings. The SMILES string of the molecule is CCC1CCC(O)(CNCc2c(C)nc3sccn23)CC1. The van der Waals surface area contributed by atoms with E-state index in [0.717, 1.165) is 48.8 Å². The molecule has 1 saturated carbocycles. The zero-order valence-electron chi connectivity index (χ0n) is 12.9. The van der Waals surface area contributed by atoms with Crippen LogP contribution in [0, 0.1) is 12.8 Å². The van der Waals surface area contributed by atoms with Crippen LogP contribution in [0.3, 0.4) is 0 Å². The number of fused-ring (bicyclic) bond motifs is 1. The van der Waals surface area contributed by atoms with Crippen LogP contribution in [-0.2, 0) is 6.54 Å². The van der Waals surface area contributed by atoms with E-state index in [0.29, 0.717) is 6.54 Å². The van der Waals surface area contributed by atoms with Gasteiger partial charge in [0.25, 0.3) is 0 Å². The molecule has 116 valence electrons. The Morgan fingerprint density at radius 2 is 2.24 bits per heavy atom. The molecule has 0 amide bonds. The topological polar surface area (TPSA) is 49.6 Å². The highest BCUT2D eigenvalue weighted by Gasteiger charge is 2.32.